The second kappa shape index (κ2) is 6.75. The van der Waals surface area contributed by atoms with Crippen LogP contribution in [0.1, 0.15) is 52.4 Å². The fourth-order valence-corrected chi connectivity index (χ4v) is 3.30. The predicted molar refractivity (Wildman–Crippen MR) is 66.7 cm³/mol. The molecule has 5 heteroatoms. The number of rotatable bonds is 5. The van der Waals surface area contributed by atoms with E-state index in [1.165, 1.54) is 0 Å². The number of nitrogens with one attached hydrogen (secondary N) is 1. The third kappa shape index (κ3) is 3.85. The highest BCUT2D eigenvalue weighted by molar-refractivity contribution is 4.87. The van der Waals surface area contributed by atoms with Gasteiger partial charge < -0.3 is 0 Å². The SMILES string of the molecule is CCC(CC)C(NN)C1CCCC(C(F)(F)F)C1. The zero-order chi connectivity index (χ0) is 13.8. The topological polar surface area (TPSA) is 38.0 Å². The van der Waals surface area contributed by atoms with Crippen LogP contribution in [-0.4, -0.2) is 12.2 Å². The Balaban J connectivity index is 2.69. The summed E-state index contributed by atoms with van der Waals surface area (Å²) in [7, 11) is 0. The van der Waals surface area contributed by atoms with Crippen LogP contribution in [0, 0.1) is 17.8 Å². The van der Waals surface area contributed by atoms with E-state index in [2.05, 4.69) is 19.3 Å². The molecule has 3 atom stereocenters. The monoisotopic (exact) mass is 266 g/mol. The molecule has 0 aromatic rings. The Labute approximate surface area is 107 Å². The smallest absolute Gasteiger partial charge is 0.271 e. The van der Waals surface area contributed by atoms with Crippen LogP contribution in [0.2, 0.25) is 0 Å². The summed E-state index contributed by atoms with van der Waals surface area (Å²) in [4.78, 5) is 0. The van der Waals surface area contributed by atoms with Gasteiger partial charge in [0.2, 0.25) is 0 Å². The van der Waals surface area contributed by atoms with Gasteiger partial charge in [-0.15, -0.1) is 0 Å². The van der Waals surface area contributed by atoms with Crippen molar-refractivity contribution in [1.29, 1.82) is 0 Å². The van der Waals surface area contributed by atoms with E-state index < -0.39 is 12.1 Å². The highest BCUT2D eigenvalue weighted by Crippen LogP contribution is 2.42. The molecule has 1 saturated carbocycles. The summed E-state index contributed by atoms with van der Waals surface area (Å²) in [6.07, 6.45) is -0.108. The van der Waals surface area contributed by atoms with E-state index in [9.17, 15) is 13.2 Å². The van der Waals surface area contributed by atoms with Crippen molar-refractivity contribution in [3.8, 4) is 0 Å². The summed E-state index contributed by atoms with van der Waals surface area (Å²) in [5.41, 5.74) is 2.78. The lowest BCUT2D eigenvalue weighted by atomic mass is 9.73. The van der Waals surface area contributed by atoms with Crippen LogP contribution >= 0.6 is 0 Å². The van der Waals surface area contributed by atoms with Crippen molar-refractivity contribution in [3.63, 3.8) is 0 Å². The third-order valence-electron chi connectivity index (χ3n) is 4.43. The summed E-state index contributed by atoms with van der Waals surface area (Å²) < 4.78 is 38.4. The first-order valence-electron chi connectivity index (χ1n) is 6.96. The van der Waals surface area contributed by atoms with E-state index in [1.807, 2.05) is 0 Å². The maximum atomic E-state index is 12.8. The van der Waals surface area contributed by atoms with Crippen LogP contribution in [0.3, 0.4) is 0 Å². The molecule has 0 heterocycles. The molecule has 0 aromatic carbocycles. The lowest BCUT2D eigenvalue weighted by Crippen LogP contribution is -2.48. The molecule has 1 aliphatic rings. The van der Waals surface area contributed by atoms with E-state index in [4.69, 9.17) is 5.84 Å². The van der Waals surface area contributed by atoms with Crippen LogP contribution in [0.5, 0.6) is 0 Å². The fourth-order valence-electron chi connectivity index (χ4n) is 3.30. The molecule has 3 unspecified atom stereocenters. The molecule has 108 valence electrons. The minimum Gasteiger partial charge on any atom is -0.271 e. The van der Waals surface area contributed by atoms with Crippen LogP contribution < -0.4 is 11.3 Å². The van der Waals surface area contributed by atoms with E-state index >= 15 is 0 Å². The number of alkyl halides is 3. The van der Waals surface area contributed by atoms with Crippen molar-refractivity contribution in [2.24, 2.45) is 23.6 Å². The van der Waals surface area contributed by atoms with Crippen molar-refractivity contribution in [3.05, 3.63) is 0 Å². The number of halogens is 3. The third-order valence-corrected chi connectivity index (χ3v) is 4.43. The minimum absolute atomic E-state index is 0.0187. The number of hydrogen-bond donors (Lipinski definition) is 2. The van der Waals surface area contributed by atoms with Crippen LogP contribution in [0.4, 0.5) is 13.2 Å². The second-order valence-corrected chi connectivity index (χ2v) is 5.43. The van der Waals surface area contributed by atoms with Gasteiger partial charge in [0.05, 0.1) is 5.92 Å². The van der Waals surface area contributed by atoms with Crippen molar-refractivity contribution < 1.29 is 13.2 Å². The summed E-state index contributed by atoms with van der Waals surface area (Å²) in [5, 5.41) is 0. The highest BCUT2D eigenvalue weighted by atomic mass is 19.4. The van der Waals surface area contributed by atoms with Crippen molar-refractivity contribution in [1.82, 2.24) is 5.43 Å². The maximum Gasteiger partial charge on any atom is 0.391 e. The Bertz CT molecular complexity index is 239. The fraction of sp³-hybridized carbons (Fsp3) is 1.00. The Kier molecular flexibility index (Phi) is 5.92. The van der Waals surface area contributed by atoms with Crippen LogP contribution in [0.15, 0.2) is 0 Å². The van der Waals surface area contributed by atoms with Crippen molar-refractivity contribution in [2.75, 3.05) is 0 Å². The van der Waals surface area contributed by atoms with Crippen molar-refractivity contribution >= 4 is 0 Å². The van der Waals surface area contributed by atoms with Gasteiger partial charge in [-0.2, -0.15) is 13.2 Å². The molecule has 0 aromatic heterocycles. The molecule has 0 spiro atoms. The zero-order valence-corrected chi connectivity index (χ0v) is 11.3. The van der Waals surface area contributed by atoms with E-state index in [0.29, 0.717) is 12.3 Å². The summed E-state index contributed by atoms with van der Waals surface area (Å²) in [5.74, 6) is 4.86. The molecule has 0 saturated heterocycles. The lowest BCUT2D eigenvalue weighted by molar-refractivity contribution is -0.187. The number of hydrogen-bond acceptors (Lipinski definition) is 2. The Morgan fingerprint density at radius 1 is 1.22 bits per heavy atom. The average molecular weight is 266 g/mol. The maximum absolute atomic E-state index is 12.8. The van der Waals surface area contributed by atoms with E-state index in [0.717, 1.165) is 19.3 Å². The summed E-state index contributed by atoms with van der Waals surface area (Å²) in [6, 6.07) is 0.0187. The molecule has 1 rings (SSSR count). The molecule has 1 aliphatic carbocycles. The van der Waals surface area contributed by atoms with Gasteiger partial charge in [-0.05, 0) is 31.1 Å². The van der Waals surface area contributed by atoms with E-state index in [1.54, 1.807) is 0 Å². The largest absolute Gasteiger partial charge is 0.391 e. The lowest BCUT2D eigenvalue weighted by Gasteiger charge is -2.38. The highest BCUT2D eigenvalue weighted by Gasteiger charge is 2.44. The number of hydrazine groups is 1. The second-order valence-electron chi connectivity index (χ2n) is 5.43. The van der Waals surface area contributed by atoms with E-state index in [-0.39, 0.29) is 24.8 Å². The molecule has 2 nitrogen and oxygen atoms in total. The molecule has 0 amide bonds. The quantitative estimate of drug-likeness (QED) is 0.589. The first-order chi connectivity index (χ1) is 8.43. The summed E-state index contributed by atoms with van der Waals surface area (Å²) in [6.45, 7) is 4.14. The van der Waals surface area contributed by atoms with Gasteiger partial charge in [0, 0.05) is 6.04 Å². The number of nitrogens with two attached hydrogens (primary N) is 1. The normalized spacial score (nSPS) is 27.5. The van der Waals surface area contributed by atoms with Gasteiger partial charge in [-0.3, -0.25) is 11.3 Å². The van der Waals surface area contributed by atoms with Gasteiger partial charge in [0.15, 0.2) is 0 Å². The average Bonchev–Trinajstić information content (AvgIpc) is 2.35. The van der Waals surface area contributed by atoms with Gasteiger partial charge in [0.25, 0.3) is 0 Å². The molecule has 0 bridgehead atoms. The molecule has 0 radical (unpaired) electrons. The first-order valence-corrected chi connectivity index (χ1v) is 6.96. The van der Waals surface area contributed by atoms with Crippen molar-refractivity contribution in [2.45, 2.75) is 64.6 Å². The molecular formula is C13H25F3N2. The molecule has 0 aliphatic heterocycles. The van der Waals surface area contributed by atoms with Gasteiger partial charge in [0.1, 0.15) is 0 Å². The molecule has 3 N–H and O–H groups in total. The van der Waals surface area contributed by atoms with Gasteiger partial charge in [-0.25, -0.2) is 0 Å². The van der Waals surface area contributed by atoms with Gasteiger partial charge >= 0.3 is 6.18 Å². The minimum atomic E-state index is -4.05. The standard InChI is InChI=1S/C13H25F3N2/c1-3-9(4-2)12(18-17)10-6-5-7-11(8-10)13(14,15)16/h9-12,18H,3-8,17H2,1-2H3. The van der Waals surface area contributed by atoms with Crippen LogP contribution in [0.25, 0.3) is 0 Å². The molecule has 18 heavy (non-hydrogen) atoms. The van der Waals surface area contributed by atoms with Gasteiger partial charge in [-0.1, -0.05) is 33.1 Å². The predicted octanol–water partition coefficient (Wildman–Crippen LogP) is 3.62. The molecular weight excluding hydrogens is 241 g/mol. The van der Waals surface area contributed by atoms with Crippen LogP contribution in [-0.2, 0) is 0 Å². The Morgan fingerprint density at radius 2 is 1.83 bits per heavy atom. The Morgan fingerprint density at radius 3 is 2.28 bits per heavy atom. The first kappa shape index (κ1) is 15.8. The summed E-state index contributed by atoms with van der Waals surface area (Å²) >= 11 is 0. The zero-order valence-electron chi connectivity index (χ0n) is 11.3. The molecule has 1 fully saturated rings. The Hall–Kier alpha value is -0.290.